The van der Waals surface area contributed by atoms with Gasteiger partial charge in [-0.3, -0.25) is 9.59 Å². The SMILES string of the molecule is CCOc1cccc(OCCNC(=O)CNC(=O)c2cccc(N=CNN)c2)c1. The minimum atomic E-state index is -0.373. The van der Waals surface area contributed by atoms with E-state index in [0.717, 1.165) is 5.75 Å². The highest BCUT2D eigenvalue weighted by Crippen LogP contribution is 2.19. The summed E-state index contributed by atoms with van der Waals surface area (Å²) in [6.45, 7) is 2.95. The molecular weight excluding hydrogens is 374 g/mol. The fourth-order valence-electron chi connectivity index (χ4n) is 2.34. The Kier molecular flexibility index (Phi) is 8.97. The second-order valence-electron chi connectivity index (χ2n) is 5.76. The van der Waals surface area contributed by atoms with Gasteiger partial charge in [0.1, 0.15) is 24.4 Å². The summed E-state index contributed by atoms with van der Waals surface area (Å²) in [7, 11) is 0. The molecule has 0 aromatic heterocycles. The number of nitrogens with zero attached hydrogens (tertiary/aromatic N) is 1. The molecule has 0 spiro atoms. The maximum absolute atomic E-state index is 12.2. The number of hydrogen-bond donors (Lipinski definition) is 4. The van der Waals surface area contributed by atoms with Crippen molar-refractivity contribution in [3.63, 3.8) is 0 Å². The molecular formula is C20H25N5O4. The van der Waals surface area contributed by atoms with Crippen molar-refractivity contribution < 1.29 is 19.1 Å². The Morgan fingerprint density at radius 3 is 2.59 bits per heavy atom. The zero-order chi connectivity index (χ0) is 20.9. The maximum Gasteiger partial charge on any atom is 0.251 e. The standard InChI is InChI=1S/C20H25N5O4/c1-2-28-17-7-4-8-18(12-17)29-10-9-22-19(26)13-23-20(27)15-5-3-6-16(11-15)24-14-25-21/h3-8,11-12,14H,2,9-10,13,21H2,1H3,(H,22,26)(H,23,27)(H,24,25). The Labute approximate surface area is 169 Å². The van der Waals surface area contributed by atoms with Crippen LogP contribution < -0.4 is 31.4 Å². The van der Waals surface area contributed by atoms with E-state index in [0.29, 0.717) is 36.8 Å². The molecule has 0 fully saturated rings. The predicted molar refractivity (Wildman–Crippen MR) is 110 cm³/mol. The lowest BCUT2D eigenvalue weighted by Crippen LogP contribution is -2.38. The smallest absolute Gasteiger partial charge is 0.251 e. The van der Waals surface area contributed by atoms with E-state index >= 15 is 0 Å². The fraction of sp³-hybridized carbons (Fsp3) is 0.250. The molecule has 29 heavy (non-hydrogen) atoms. The van der Waals surface area contributed by atoms with E-state index in [1.54, 1.807) is 30.3 Å². The van der Waals surface area contributed by atoms with E-state index in [9.17, 15) is 9.59 Å². The number of carbonyl (C=O) groups is 2. The number of aliphatic imine (C=N–C) groups is 1. The van der Waals surface area contributed by atoms with Gasteiger partial charge in [0.15, 0.2) is 0 Å². The Morgan fingerprint density at radius 2 is 1.83 bits per heavy atom. The van der Waals surface area contributed by atoms with Crippen molar-refractivity contribution in [3.05, 3.63) is 54.1 Å². The normalized spacial score (nSPS) is 10.4. The average molecular weight is 399 g/mol. The van der Waals surface area contributed by atoms with Gasteiger partial charge < -0.3 is 25.5 Å². The van der Waals surface area contributed by atoms with Crippen molar-refractivity contribution in [2.24, 2.45) is 10.8 Å². The van der Waals surface area contributed by atoms with Crippen LogP contribution in [0.4, 0.5) is 5.69 Å². The molecule has 0 heterocycles. The van der Waals surface area contributed by atoms with Gasteiger partial charge in [0, 0.05) is 11.6 Å². The summed E-state index contributed by atoms with van der Waals surface area (Å²) in [5.41, 5.74) is 3.24. The van der Waals surface area contributed by atoms with Crippen LogP contribution in [0.5, 0.6) is 11.5 Å². The molecule has 9 heteroatoms. The van der Waals surface area contributed by atoms with Crippen molar-refractivity contribution >= 4 is 23.8 Å². The van der Waals surface area contributed by atoms with E-state index in [2.05, 4.69) is 21.1 Å². The molecule has 0 unspecified atom stereocenters. The molecule has 0 saturated heterocycles. The van der Waals surface area contributed by atoms with Gasteiger partial charge in [-0.05, 0) is 37.3 Å². The van der Waals surface area contributed by atoms with Crippen LogP contribution in [0.25, 0.3) is 0 Å². The summed E-state index contributed by atoms with van der Waals surface area (Å²) in [6, 6.07) is 13.9. The molecule has 0 radical (unpaired) electrons. The van der Waals surface area contributed by atoms with Crippen LogP contribution in [0.2, 0.25) is 0 Å². The summed E-state index contributed by atoms with van der Waals surface area (Å²) in [4.78, 5) is 28.1. The lowest BCUT2D eigenvalue weighted by molar-refractivity contribution is -0.120. The Bertz CT molecular complexity index is 841. The van der Waals surface area contributed by atoms with Crippen LogP contribution in [-0.2, 0) is 4.79 Å². The second kappa shape index (κ2) is 12.0. The van der Waals surface area contributed by atoms with Gasteiger partial charge in [-0.1, -0.05) is 12.1 Å². The number of carbonyl (C=O) groups excluding carboxylic acids is 2. The number of amides is 2. The van der Waals surface area contributed by atoms with Gasteiger partial charge in [0.2, 0.25) is 5.91 Å². The molecule has 2 amide bonds. The number of benzene rings is 2. The molecule has 2 rings (SSSR count). The first kappa shape index (κ1) is 21.7. The van der Waals surface area contributed by atoms with Crippen molar-refractivity contribution in [3.8, 4) is 11.5 Å². The van der Waals surface area contributed by atoms with Crippen LogP contribution >= 0.6 is 0 Å². The van der Waals surface area contributed by atoms with Gasteiger partial charge >= 0.3 is 0 Å². The predicted octanol–water partition coefficient (Wildman–Crippen LogP) is 1.13. The van der Waals surface area contributed by atoms with Crippen LogP contribution in [0.1, 0.15) is 17.3 Å². The molecule has 2 aromatic carbocycles. The van der Waals surface area contributed by atoms with E-state index in [4.69, 9.17) is 15.3 Å². The first-order valence-electron chi connectivity index (χ1n) is 9.11. The Morgan fingerprint density at radius 1 is 1.07 bits per heavy atom. The zero-order valence-corrected chi connectivity index (χ0v) is 16.2. The molecule has 0 atom stereocenters. The molecule has 0 aliphatic rings. The fourth-order valence-corrected chi connectivity index (χ4v) is 2.34. The molecule has 0 aliphatic heterocycles. The van der Waals surface area contributed by atoms with E-state index in [-0.39, 0.29) is 18.4 Å². The molecule has 5 N–H and O–H groups in total. The summed E-state index contributed by atoms with van der Waals surface area (Å²) >= 11 is 0. The zero-order valence-electron chi connectivity index (χ0n) is 16.2. The highest BCUT2D eigenvalue weighted by Gasteiger charge is 2.08. The van der Waals surface area contributed by atoms with E-state index in [1.165, 1.54) is 6.34 Å². The number of nitrogens with two attached hydrogens (primary N) is 1. The quantitative estimate of drug-likeness (QED) is 0.148. The first-order valence-corrected chi connectivity index (χ1v) is 9.11. The molecule has 0 saturated carbocycles. The third-order valence-corrected chi connectivity index (χ3v) is 3.62. The molecule has 0 bridgehead atoms. The number of nitrogens with one attached hydrogen (secondary N) is 3. The lowest BCUT2D eigenvalue weighted by atomic mass is 10.2. The second-order valence-corrected chi connectivity index (χ2v) is 5.76. The molecule has 0 aliphatic carbocycles. The Balaban J connectivity index is 1.70. The number of hydrogen-bond acceptors (Lipinski definition) is 6. The van der Waals surface area contributed by atoms with Crippen LogP contribution in [-0.4, -0.2) is 44.5 Å². The van der Waals surface area contributed by atoms with E-state index in [1.807, 2.05) is 25.1 Å². The van der Waals surface area contributed by atoms with Crippen molar-refractivity contribution in [1.82, 2.24) is 16.1 Å². The highest BCUT2D eigenvalue weighted by atomic mass is 16.5. The van der Waals surface area contributed by atoms with Gasteiger partial charge in [0.05, 0.1) is 25.4 Å². The number of hydrazine groups is 1. The minimum absolute atomic E-state index is 0.142. The van der Waals surface area contributed by atoms with Crippen LogP contribution in [0.15, 0.2) is 53.5 Å². The summed E-state index contributed by atoms with van der Waals surface area (Å²) < 4.78 is 11.0. The maximum atomic E-state index is 12.2. The van der Waals surface area contributed by atoms with Crippen molar-refractivity contribution in [1.29, 1.82) is 0 Å². The summed E-state index contributed by atoms with van der Waals surface area (Å²) in [6.07, 6.45) is 1.31. The van der Waals surface area contributed by atoms with Crippen LogP contribution in [0, 0.1) is 0 Å². The van der Waals surface area contributed by atoms with Gasteiger partial charge in [-0.15, -0.1) is 0 Å². The minimum Gasteiger partial charge on any atom is -0.494 e. The van der Waals surface area contributed by atoms with Crippen molar-refractivity contribution in [2.75, 3.05) is 26.3 Å². The number of rotatable bonds is 11. The van der Waals surface area contributed by atoms with Gasteiger partial charge in [0.25, 0.3) is 5.91 Å². The summed E-state index contributed by atoms with van der Waals surface area (Å²) in [5.74, 6) is 5.82. The summed E-state index contributed by atoms with van der Waals surface area (Å²) in [5, 5.41) is 5.24. The van der Waals surface area contributed by atoms with E-state index < -0.39 is 0 Å². The third kappa shape index (κ3) is 7.89. The van der Waals surface area contributed by atoms with Gasteiger partial charge in [-0.2, -0.15) is 0 Å². The van der Waals surface area contributed by atoms with Crippen molar-refractivity contribution in [2.45, 2.75) is 6.92 Å². The Hall–Kier alpha value is -3.59. The average Bonchev–Trinajstić information content (AvgIpc) is 2.74. The highest BCUT2D eigenvalue weighted by molar-refractivity contribution is 5.97. The topological polar surface area (TPSA) is 127 Å². The molecule has 154 valence electrons. The van der Waals surface area contributed by atoms with Gasteiger partial charge in [-0.25, -0.2) is 10.8 Å². The number of ether oxygens (including phenoxy) is 2. The van der Waals surface area contributed by atoms with Crippen LogP contribution in [0.3, 0.4) is 0 Å². The lowest BCUT2D eigenvalue weighted by Gasteiger charge is -2.10. The largest absolute Gasteiger partial charge is 0.494 e. The monoisotopic (exact) mass is 399 g/mol. The molecule has 9 nitrogen and oxygen atoms in total. The first-order chi connectivity index (χ1) is 14.1. The third-order valence-electron chi connectivity index (χ3n) is 3.62. The molecule has 2 aromatic rings.